The van der Waals surface area contributed by atoms with Crippen molar-refractivity contribution >= 4 is 137 Å². The number of nitrogens with one attached hydrogen (secondary N) is 1. The van der Waals surface area contributed by atoms with Gasteiger partial charge in [-0.3, -0.25) is 5.10 Å². The summed E-state index contributed by atoms with van der Waals surface area (Å²) in [6, 6.07) is 41.8. The highest BCUT2D eigenvalue weighted by molar-refractivity contribution is 14.1. The first kappa shape index (κ1) is 102. The fourth-order valence-corrected chi connectivity index (χ4v) is 15.0. The minimum Gasteiger partial charge on any atom is -0.398 e. The molecular formula is C83H83BCl3F3IN29O8S6. The Hall–Kier alpha value is -11.1. The van der Waals surface area contributed by atoms with Crippen molar-refractivity contribution in [2.45, 2.75) is 120 Å². The molecule has 0 aliphatic carbocycles. The van der Waals surface area contributed by atoms with Gasteiger partial charge in [0.2, 0.25) is 0 Å². The molecule has 51 heteroatoms. The average molecular weight is 2110 g/mol. The summed E-state index contributed by atoms with van der Waals surface area (Å²) >= 11 is 24.6. The number of thioether (sulfide) groups is 4. The van der Waals surface area contributed by atoms with Crippen LogP contribution in [0.5, 0.6) is 0 Å². The maximum absolute atomic E-state index is 12.9. The second-order valence-corrected chi connectivity index (χ2v) is 38.7. The standard InChI is InChI=1S/C14H23BN2O3.C13H9FIN5O2S.C13H10FN5O2S.C13H10FN5S.C13H16N4OS.C8H8N4S.C5H5ClN2S.C4H2Cl2N2/c1-13(2)14(3,4)20-15(19-13)11-8-9-16-17(11)12-7-5-6-10-18-12;1-23(21,22)12-5-3-10(17-18-12)13-9(15)7-20(19-13)11-4-2-8(14)6-16-11;1-22(20,21)13-5-3-10(16-17-13)11-6-7-19(18-11)12-4-2-9(14)8-15-12;1-20-13-5-3-10(16-17-13)11-6-7-19(18-11)12-4-2-9(14)8-15-12;1-19-12-6-5-10(15-16-12)11-7-8-14-17(11)13-4-2-3-9-18-13;1-13-8-3-2-6(11-12-8)7-4-5-9-10-7;1-9-5-3-2-4(6)7-8-5;5-3-1-2-4(6)8-7-3/h8-9,12H,5-7,10H2,1-4H3;2-7H,1H3;2-8H,1H3;2-8H,1H3;5-8,13H,2-4,9H2,1H3;2-5H,1H3,(H,9,10);2-3H,1H3;1-2H. The molecule has 16 aromatic heterocycles. The molecule has 19 rings (SSSR count). The number of nitrogens with zero attached hydrogens (tertiary/aromatic N) is 28. The van der Waals surface area contributed by atoms with E-state index in [-0.39, 0.29) is 46.6 Å². The molecule has 134 heavy (non-hydrogen) atoms. The van der Waals surface area contributed by atoms with Gasteiger partial charge in [-0.15, -0.1) is 118 Å². The number of sulfone groups is 2. The van der Waals surface area contributed by atoms with Crippen molar-refractivity contribution < 1.29 is 48.8 Å². The van der Waals surface area contributed by atoms with Crippen molar-refractivity contribution in [3.63, 3.8) is 0 Å². The molecule has 0 bridgehead atoms. The van der Waals surface area contributed by atoms with Crippen LogP contribution in [0, 0.1) is 21.0 Å². The summed E-state index contributed by atoms with van der Waals surface area (Å²) in [7, 11) is -7.17. The van der Waals surface area contributed by atoms with Gasteiger partial charge in [0.1, 0.15) is 89.3 Å². The number of hydrogen-bond donors (Lipinski definition) is 1. The molecule has 0 saturated carbocycles. The molecule has 2 atom stereocenters. The molecular weight excluding hydrogens is 2020 g/mol. The van der Waals surface area contributed by atoms with E-state index >= 15 is 0 Å². The number of aromatic amines is 1. The quantitative estimate of drug-likeness (QED) is 0.0502. The summed E-state index contributed by atoms with van der Waals surface area (Å²) in [5.41, 5.74) is 7.04. The lowest BCUT2D eigenvalue weighted by atomic mass is 9.84. The minimum atomic E-state index is -3.40. The van der Waals surface area contributed by atoms with Crippen LogP contribution >= 0.6 is 104 Å². The minimum absolute atomic E-state index is 0.00720. The third kappa shape index (κ3) is 29.0. The van der Waals surface area contributed by atoms with Crippen LogP contribution in [-0.4, -0.2) is 231 Å². The van der Waals surface area contributed by atoms with Gasteiger partial charge in [-0.1, -0.05) is 34.8 Å². The molecule has 3 aliphatic rings. The van der Waals surface area contributed by atoms with Crippen LogP contribution in [0.2, 0.25) is 15.5 Å². The Morgan fingerprint density at radius 3 is 1.24 bits per heavy atom. The van der Waals surface area contributed by atoms with Gasteiger partial charge in [0, 0.05) is 62.9 Å². The van der Waals surface area contributed by atoms with E-state index in [0.29, 0.717) is 67.1 Å². The van der Waals surface area contributed by atoms with Gasteiger partial charge < -0.3 is 18.8 Å². The third-order valence-electron chi connectivity index (χ3n) is 19.2. The maximum atomic E-state index is 12.9. The van der Waals surface area contributed by atoms with Gasteiger partial charge in [0.25, 0.3) is 0 Å². The second kappa shape index (κ2) is 48.4. The molecule has 3 fully saturated rings. The van der Waals surface area contributed by atoms with Gasteiger partial charge in [0.15, 0.2) is 68.9 Å². The van der Waals surface area contributed by atoms with E-state index in [1.165, 1.54) is 88.6 Å². The molecule has 1 N–H and O–H groups in total. The Kier molecular flexibility index (Phi) is 36.7. The highest BCUT2D eigenvalue weighted by atomic mass is 127. The van der Waals surface area contributed by atoms with E-state index in [1.54, 1.807) is 107 Å². The van der Waals surface area contributed by atoms with Crippen molar-refractivity contribution in [2.24, 2.45) is 0 Å². The molecule has 37 nitrogen and oxygen atoms in total. The van der Waals surface area contributed by atoms with E-state index < -0.39 is 31.3 Å². The molecule has 696 valence electrons. The predicted octanol–water partition coefficient (Wildman–Crippen LogP) is 15.6. The molecule has 0 radical (unpaired) electrons. The second-order valence-electron chi connectivity index (χ2n) is 29.1. The molecule has 16 aromatic rings. The van der Waals surface area contributed by atoms with Gasteiger partial charge in [-0.25, -0.2) is 68.4 Å². The van der Waals surface area contributed by atoms with Crippen LogP contribution in [0.15, 0.2) is 238 Å². The van der Waals surface area contributed by atoms with E-state index in [9.17, 15) is 30.0 Å². The SMILES string of the molecule is CC1(C)OB(c2ccnn2C2CCCCO2)OC1(C)C.CS(=O)(=O)c1ccc(-c2ccn(-c3ccc(F)cn3)n2)nn1.CS(=O)(=O)c1ccc(-c2nn(-c3ccc(F)cn3)cc2I)nn1.CSc1ccc(-c2ccn(-c3ccc(F)cn3)n2)nn1.CSc1ccc(-c2ccn[nH]2)nn1.CSc1ccc(-c2ccnn2C2CCCCO2)nn1.CSc1ccc(Cl)nn1.Clc1ccc(Cl)nn1. The smallest absolute Gasteiger partial charge is 0.398 e. The zero-order chi connectivity index (χ0) is 95.5. The Labute approximate surface area is 813 Å². The van der Waals surface area contributed by atoms with Crippen LogP contribution in [-0.2, 0) is 38.5 Å². The van der Waals surface area contributed by atoms with Crippen LogP contribution < -0.4 is 5.59 Å². The summed E-state index contributed by atoms with van der Waals surface area (Å²) in [6.45, 7) is 9.85. The van der Waals surface area contributed by atoms with E-state index in [4.69, 9.17) is 53.6 Å². The first-order valence-electron chi connectivity index (χ1n) is 40.1. The van der Waals surface area contributed by atoms with Gasteiger partial charge in [-0.2, -0.15) is 30.6 Å². The van der Waals surface area contributed by atoms with E-state index in [1.807, 2.05) is 101 Å². The first-order chi connectivity index (χ1) is 64.3. The molecule has 2 unspecified atom stereocenters. The third-order valence-corrected chi connectivity index (χ3v) is 25.1. The highest BCUT2D eigenvalue weighted by Crippen LogP contribution is 2.38. The molecule has 0 aromatic carbocycles. The van der Waals surface area contributed by atoms with E-state index in [0.717, 1.165) is 122 Å². The summed E-state index contributed by atoms with van der Waals surface area (Å²) in [5, 5.41) is 87.1. The first-order valence-corrected chi connectivity index (χ1v) is 51.0. The van der Waals surface area contributed by atoms with Crippen LogP contribution in [0.1, 0.15) is 78.7 Å². The number of pyridine rings is 3. The zero-order valence-electron chi connectivity index (χ0n) is 72.9. The Morgan fingerprint density at radius 1 is 0.433 bits per heavy atom. The number of rotatable bonds is 17. The Morgan fingerprint density at radius 2 is 0.843 bits per heavy atom. The van der Waals surface area contributed by atoms with E-state index in [2.05, 4.69) is 172 Å². The van der Waals surface area contributed by atoms with Crippen molar-refractivity contribution in [2.75, 3.05) is 50.7 Å². The van der Waals surface area contributed by atoms with Crippen molar-refractivity contribution in [1.82, 2.24) is 145 Å². The maximum Gasteiger partial charge on any atom is 0.514 e. The zero-order valence-corrected chi connectivity index (χ0v) is 82.2. The predicted molar refractivity (Wildman–Crippen MR) is 511 cm³/mol. The lowest BCUT2D eigenvalue weighted by Crippen LogP contribution is -2.42. The molecule has 3 aliphatic heterocycles. The van der Waals surface area contributed by atoms with Crippen molar-refractivity contribution in [3.8, 4) is 74.4 Å². The number of hydrogen-bond acceptors (Lipinski definition) is 35. The lowest BCUT2D eigenvalue weighted by Gasteiger charge is -2.32. The molecule has 3 saturated heterocycles. The normalized spacial score (nSPS) is 14.7. The summed E-state index contributed by atoms with van der Waals surface area (Å²) in [4.78, 5) is 11.8. The molecule has 0 spiro atoms. The summed E-state index contributed by atoms with van der Waals surface area (Å²) in [5.74, 6) is 0.215. The Bertz CT molecular complexity index is 6590. The van der Waals surface area contributed by atoms with Crippen LogP contribution in [0.4, 0.5) is 13.2 Å². The fraction of sp³-hybridized carbons (Fsp3) is 0.265. The fourth-order valence-electron chi connectivity index (χ4n) is 11.7. The highest BCUT2D eigenvalue weighted by Gasteiger charge is 2.53. The van der Waals surface area contributed by atoms with Crippen molar-refractivity contribution in [3.05, 3.63) is 244 Å². The number of aromatic nitrogens is 29. The number of halogens is 7. The lowest BCUT2D eigenvalue weighted by molar-refractivity contribution is -0.0384. The molecule has 0 amide bonds. The summed E-state index contributed by atoms with van der Waals surface area (Å²) < 4.78 is 117. The van der Waals surface area contributed by atoms with Crippen LogP contribution in [0.25, 0.3) is 74.4 Å². The number of H-pyrrole nitrogens is 1. The largest absolute Gasteiger partial charge is 0.514 e. The topological polar surface area (TPSA) is 442 Å². The Balaban J connectivity index is 0.000000140. The monoisotopic (exact) mass is 2110 g/mol. The van der Waals surface area contributed by atoms with Gasteiger partial charge in [0.05, 0.1) is 50.3 Å². The van der Waals surface area contributed by atoms with Gasteiger partial charge in [-0.05, 0) is 265 Å². The molecule has 19 heterocycles. The van der Waals surface area contributed by atoms with Crippen LogP contribution in [0.3, 0.4) is 0 Å². The summed E-state index contributed by atoms with van der Waals surface area (Å²) in [6.07, 6.45) is 30.4. The number of ether oxygens (including phenoxy) is 2. The van der Waals surface area contributed by atoms with Gasteiger partial charge >= 0.3 is 7.12 Å². The van der Waals surface area contributed by atoms with Crippen molar-refractivity contribution in [1.29, 1.82) is 0 Å². The average Bonchev–Trinajstić information content (AvgIpc) is 1.61.